The smallest absolute Gasteiger partial charge is 0.249 e. The second-order valence-electron chi connectivity index (χ2n) is 6.15. The largest absolute Gasteiger partial charge is 0.385 e. The molecular weight excluding hydrogens is 256 g/mol. The molecule has 1 saturated carbocycles. The van der Waals surface area contributed by atoms with Crippen LogP contribution in [-0.4, -0.2) is 48.1 Å². The lowest BCUT2D eigenvalue weighted by Gasteiger charge is -2.48. The zero-order valence-electron chi connectivity index (χ0n) is 12.8. The molecule has 5 nitrogen and oxygen atoms in total. The number of carbonyl (C=O) groups is 2. The molecule has 5 heteroatoms. The van der Waals surface area contributed by atoms with Crippen molar-refractivity contribution in [2.75, 3.05) is 13.7 Å². The first-order valence-corrected chi connectivity index (χ1v) is 7.65. The molecule has 1 spiro atoms. The molecule has 2 rings (SSSR count). The number of rotatable bonds is 4. The monoisotopic (exact) mass is 282 g/mol. The van der Waals surface area contributed by atoms with E-state index in [0.717, 1.165) is 38.5 Å². The van der Waals surface area contributed by atoms with Gasteiger partial charge in [-0.15, -0.1) is 0 Å². The summed E-state index contributed by atoms with van der Waals surface area (Å²) in [6, 6.07) is -0.357. The first-order valence-electron chi connectivity index (χ1n) is 7.65. The number of amides is 2. The van der Waals surface area contributed by atoms with Gasteiger partial charge in [-0.3, -0.25) is 9.59 Å². The molecule has 2 fully saturated rings. The molecule has 0 radical (unpaired) electrons. The molecule has 2 aliphatic rings. The van der Waals surface area contributed by atoms with Crippen LogP contribution in [0.5, 0.6) is 0 Å². The summed E-state index contributed by atoms with van der Waals surface area (Å²) >= 11 is 0. The summed E-state index contributed by atoms with van der Waals surface area (Å²) in [6.45, 7) is 4.42. The zero-order chi connectivity index (χ0) is 14.8. The Bertz CT molecular complexity index is 377. The van der Waals surface area contributed by atoms with Crippen LogP contribution >= 0.6 is 0 Å². The van der Waals surface area contributed by atoms with E-state index >= 15 is 0 Å². The van der Waals surface area contributed by atoms with Crippen molar-refractivity contribution in [2.24, 2.45) is 0 Å². The maximum atomic E-state index is 12.9. The molecule has 0 bridgehead atoms. The quantitative estimate of drug-likeness (QED) is 0.849. The van der Waals surface area contributed by atoms with E-state index in [1.165, 1.54) is 0 Å². The Labute approximate surface area is 121 Å². The minimum atomic E-state index is -0.636. The number of nitrogens with one attached hydrogen (secondary N) is 1. The predicted octanol–water partition coefficient (Wildman–Crippen LogP) is 1.46. The lowest BCUT2D eigenvalue weighted by atomic mass is 9.78. The van der Waals surface area contributed by atoms with Gasteiger partial charge < -0.3 is 15.0 Å². The number of carbonyl (C=O) groups excluding carboxylic acids is 2. The highest BCUT2D eigenvalue weighted by Crippen LogP contribution is 2.34. The molecule has 1 N–H and O–H groups in total. The molecule has 0 aromatic rings. The number of hydrogen-bond donors (Lipinski definition) is 1. The molecule has 1 aliphatic heterocycles. The molecule has 2 unspecified atom stereocenters. The van der Waals surface area contributed by atoms with E-state index < -0.39 is 5.54 Å². The van der Waals surface area contributed by atoms with Gasteiger partial charge in [-0.1, -0.05) is 19.3 Å². The van der Waals surface area contributed by atoms with E-state index in [0.29, 0.717) is 6.61 Å². The van der Waals surface area contributed by atoms with Gasteiger partial charge in [0, 0.05) is 19.8 Å². The summed E-state index contributed by atoms with van der Waals surface area (Å²) in [6.07, 6.45) is 5.49. The van der Waals surface area contributed by atoms with Crippen molar-refractivity contribution in [1.82, 2.24) is 10.2 Å². The van der Waals surface area contributed by atoms with Crippen LogP contribution in [0.2, 0.25) is 0 Å². The Morgan fingerprint density at radius 3 is 2.60 bits per heavy atom. The lowest BCUT2D eigenvalue weighted by molar-refractivity contribution is -0.158. The molecule has 2 amide bonds. The van der Waals surface area contributed by atoms with Crippen LogP contribution in [0.25, 0.3) is 0 Å². The number of hydrogen-bond acceptors (Lipinski definition) is 3. The minimum Gasteiger partial charge on any atom is -0.385 e. The summed E-state index contributed by atoms with van der Waals surface area (Å²) < 4.78 is 5.10. The fourth-order valence-electron chi connectivity index (χ4n) is 3.45. The third-order valence-electron chi connectivity index (χ3n) is 4.72. The first kappa shape index (κ1) is 15.3. The molecular formula is C15H26N2O3. The Morgan fingerprint density at radius 1 is 1.35 bits per heavy atom. The highest BCUT2D eigenvalue weighted by molar-refractivity contribution is 5.99. The molecule has 2 atom stereocenters. The highest BCUT2D eigenvalue weighted by atomic mass is 16.5. The van der Waals surface area contributed by atoms with Crippen LogP contribution in [0, 0.1) is 0 Å². The molecule has 1 saturated heterocycles. The fourth-order valence-corrected chi connectivity index (χ4v) is 3.45. The van der Waals surface area contributed by atoms with Gasteiger partial charge in [-0.2, -0.15) is 0 Å². The third-order valence-corrected chi connectivity index (χ3v) is 4.72. The minimum absolute atomic E-state index is 0.0178. The van der Waals surface area contributed by atoms with Crippen molar-refractivity contribution < 1.29 is 14.3 Å². The molecule has 0 aromatic heterocycles. The van der Waals surface area contributed by atoms with E-state index in [1.54, 1.807) is 12.0 Å². The van der Waals surface area contributed by atoms with E-state index in [1.807, 2.05) is 13.8 Å². The molecule has 1 aliphatic carbocycles. The van der Waals surface area contributed by atoms with Gasteiger partial charge in [-0.05, 0) is 33.1 Å². The fraction of sp³-hybridized carbons (Fsp3) is 0.867. The van der Waals surface area contributed by atoms with Gasteiger partial charge in [0.1, 0.15) is 11.6 Å². The average Bonchev–Trinajstić information content (AvgIpc) is 2.44. The van der Waals surface area contributed by atoms with E-state index in [-0.39, 0.29) is 23.9 Å². The van der Waals surface area contributed by atoms with Crippen molar-refractivity contribution in [3.8, 4) is 0 Å². The zero-order valence-corrected chi connectivity index (χ0v) is 12.8. The Kier molecular flexibility index (Phi) is 4.68. The number of nitrogens with zero attached hydrogens (tertiary/aromatic N) is 1. The summed E-state index contributed by atoms with van der Waals surface area (Å²) in [5.41, 5.74) is -0.636. The number of piperazine rings is 1. The van der Waals surface area contributed by atoms with E-state index in [2.05, 4.69) is 5.32 Å². The maximum absolute atomic E-state index is 12.9. The van der Waals surface area contributed by atoms with Gasteiger partial charge >= 0.3 is 0 Å². The van der Waals surface area contributed by atoms with Crippen LogP contribution in [0.1, 0.15) is 52.4 Å². The van der Waals surface area contributed by atoms with Gasteiger partial charge in [0.25, 0.3) is 0 Å². The van der Waals surface area contributed by atoms with Crippen molar-refractivity contribution in [2.45, 2.75) is 70.0 Å². The van der Waals surface area contributed by atoms with Gasteiger partial charge in [0.2, 0.25) is 11.8 Å². The summed E-state index contributed by atoms with van der Waals surface area (Å²) in [7, 11) is 1.66. The van der Waals surface area contributed by atoms with Gasteiger partial charge in [-0.25, -0.2) is 0 Å². The topological polar surface area (TPSA) is 58.6 Å². The highest BCUT2D eigenvalue weighted by Gasteiger charge is 2.50. The number of methoxy groups -OCH3 is 1. The molecule has 1 heterocycles. The second-order valence-corrected chi connectivity index (χ2v) is 6.15. The van der Waals surface area contributed by atoms with Crippen LogP contribution < -0.4 is 5.32 Å². The summed E-state index contributed by atoms with van der Waals surface area (Å²) in [5.74, 6) is 0.0867. The first-order chi connectivity index (χ1) is 9.52. The van der Waals surface area contributed by atoms with Crippen LogP contribution in [0.4, 0.5) is 0 Å². The molecule has 114 valence electrons. The summed E-state index contributed by atoms with van der Waals surface area (Å²) in [5, 5.41) is 3.01. The van der Waals surface area contributed by atoms with Crippen molar-refractivity contribution >= 4 is 11.8 Å². The molecule has 0 aromatic carbocycles. The van der Waals surface area contributed by atoms with Crippen LogP contribution in [0.3, 0.4) is 0 Å². The standard InChI is InChI=1S/C15H26N2O3/c1-11(7-10-20-3)17-12(2)13(18)16-15(14(17)19)8-5-4-6-9-15/h11-12H,4-10H2,1-3H3,(H,16,18). The van der Waals surface area contributed by atoms with E-state index in [4.69, 9.17) is 4.74 Å². The van der Waals surface area contributed by atoms with Crippen molar-refractivity contribution in [1.29, 1.82) is 0 Å². The normalized spacial score (nSPS) is 27.6. The Balaban J connectivity index is 2.19. The SMILES string of the molecule is COCCC(C)N1C(=O)C2(CCCCC2)NC(=O)C1C. The predicted molar refractivity (Wildman–Crippen MR) is 76.2 cm³/mol. The van der Waals surface area contributed by atoms with Crippen LogP contribution in [-0.2, 0) is 14.3 Å². The molecule has 20 heavy (non-hydrogen) atoms. The van der Waals surface area contributed by atoms with Crippen molar-refractivity contribution in [3.63, 3.8) is 0 Å². The second kappa shape index (κ2) is 6.12. The average molecular weight is 282 g/mol. The van der Waals surface area contributed by atoms with Crippen LogP contribution in [0.15, 0.2) is 0 Å². The van der Waals surface area contributed by atoms with Gasteiger partial charge in [0.05, 0.1) is 0 Å². The third kappa shape index (κ3) is 2.68. The maximum Gasteiger partial charge on any atom is 0.249 e. The summed E-state index contributed by atoms with van der Waals surface area (Å²) in [4.78, 5) is 27.0. The Morgan fingerprint density at radius 2 is 2.00 bits per heavy atom. The van der Waals surface area contributed by atoms with Crippen molar-refractivity contribution in [3.05, 3.63) is 0 Å². The number of ether oxygens (including phenoxy) is 1. The Hall–Kier alpha value is -1.10. The lowest BCUT2D eigenvalue weighted by Crippen LogP contribution is -2.71. The van der Waals surface area contributed by atoms with Gasteiger partial charge in [0.15, 0.2) is 0 Å². The van der Waals surface area contributed by atoms with E-state index in [9.17, 15) is 9.59 Å².